The number of nitrogens with zero attached hydrogens (tertiary/aromatic N) is 3. The largest absolute Gasteiger partial charge is 0.386 e. The van der Waals surface area contributed by atoms with E-state index in [1.165, 1.54) is 0 Å². The third kappa shape index (κ3) is 3.76. The maximum absolute atomic E-state index is 12.0. The van der Waals surface area contributed by atoms with Crippen LogP contribution in [-0.2, 0) is 24.3 Å². The summed E-state index contributed by atoms with van der Waals surface area (Å²) in [7, 11) is 0. The minimum Gasteiger partial charge on any atom is -0.386 e. The first-order chi connectivity index (χ1) is 11.2. The Morgan fingerprint density at radius 1 is 1.35 bits per heavy atom. The fourth-order valence-electron chi connectivity index (χ4n) is 2.82. The van der Waals surface area contributed by atoms with Gasteiger partial charge in [-0.3, -0.25) is 9.48 Å². The number of hydrogen-bond donors (Lipinski definition) is 1. The van der Waals surface area contributed by atoms with Gasteiger partial charge in [-0.2, -0.15) is 16.9 Å². The Bertz CT molecular complexity index is 672. The van der Waals surface area contributed by atoms with Gasteiger partial charge < -0.3 is 10.0 Å². The van der Waals surface area contributed by atoms with Crippen LogP contribution in [0.2, 0.25) is 0 Å². The molecule has 0 saturated heterocycles. The van der Waals surface area contributed by atoms with Crippen LogP contribution < -0.4 is 0 Å². The molecule has 0 spiro atoms. The summed E-state index contributed by atoms with van der Waals surface area (Å²) in [6.45, 7) is 1.94. The van der Waals surface area contributed by atoms with E-state index in [9.17, 15) is 9.90 Å². The summed E-state index contributed by atoms with van der Waals surface area (Å²) in [5, 5.41) is 14.9. The fourth-order valence-corrected chi connectivity index (χ4v) is 3.25. The molecule has 0 saturated carbocycles. The van der Waals surface area contributed by atoms with Gasteiger partial charge in [-0.15, -0.1) is 0 Å². The van der Waals surface area contributed by atoms with Gasteiger partial charge in [0.15, 0.2) is 0 Å². The van der Waals surface area contributed by atoms with Crippen LogP contribution in [-0.4, -0.2) is 44.2 Å². The van der Waals surface area contributed by atoms with Crippen molar-refractivity contribution in [2.75, 3.05) is 18.6 Å². The Labute approximate surface area is 140 Å². The van der Waals surface area contributed by atoms with E-state index in [4.69, 9.17) is 0 Å². The third-order valence-electron chi connectivity index (χ3n) is 4.05. The van der Waals surface area contributed by atoms with Gasteiger partial charge >= 0.3 is 0 Å². The quantitative estimate of drug-likeness (QED) is 0.909. The molecule has 6 heteroatoms. The van der Waals surface area contributed by atoms with Crippen LogP contribution in [0.5, 0.6) is 0 Å². The van der Waals surface area contributed by atoms with Crippen molar-refractivity contribution in [3.63, 3.8) is 0 Å². The predicted octanol–water partition coefficient (Wildman–Crippen LogP) is 1.86. The zero-order valence-corrected chi connectivity index (χ0v) is 14.0. The molecule has 122 valence electrons. The number of carbonyl (C=O) groups excluding carboxylic acids is 1. The zero-order chi connectivity index (χ0) is 16.2. The Kier molecular flexibility index (Phi) is 5.03. The molecule has 2 aromatic rings. The molecular formula is C17H21N3O2S. The monoisotopic (exact) mass is 331 g/mol. The molecular weight excluding hydrogens is 310 g/mol. The number of hydrogen-bond acceptors (Lipinski definition) is 4. The molecule has 0 fully saturated rings. The average molecular weight is 331 g/mol. The van der Waals surface area contributed by atoms with Crippen LogP contribution in [0.25, 0.3) is 0 Å². The highest BCUT2D eigenvalue weighted by molar-refractivity contribution is 7.99. The molecule has 1 aromatic carbocycles. The molecule has 1 amide bonds. The number of rotatable bonds is 5. The lowest BCUT2D eigenvalue weighted by Crippen LogP contribution is -2.39. The highest BCUT2D eigenvalue weighted by Crippen LogP contribution is 2.21. The number of thioether (sulfide) groups is 1. The molecule has 1 aliphatic rings. The molecule has 23 heavy (non-hydrogen) atoms. The second-order valence-corrected chi connectivity index (χ2v) is 6.60. The van der Waals surface area contributed by atoms with E-state index in [0.717, 1.165) is 11.3 Å². The third-order valence-corrected chi connectivity index (χ3v) is 4.59. The predicted molar refractivity (Wildman–Crippen MR) is 91.1 cm³/mol. The lowest BCUT2D eigenvalue weighted by molar-refractivity contribution is -0.129. The summed E-state index contributed by atoms with van der Waals surface area (Å²) >= 11 is 1.54. The number of aliphatic hydroxyl groups is 1. The van der Waals surface area contributed by atoms with E-state index >= 15 is 0 Å². The van der Waals surface area contributed by atoms with Crippen molar-refractivity contribution < 1.29 is 9.90 Å². The molecule has 1 aromatic heterocycles. The van der Waals surface area contributed by atoms with Gasteiger partial charge in [-0.1, -0.05) is 30.3 Å². The van der Waals surface area contributed by atoms with Crippen molar-refractivity contribution in [2.24, 2.45) is 0 Å². The van der Waals surface area contributed by atoms with Crippen LogP contribution in [0, 0.1) is 0 Å². The van der Waals surface area contributed by atoms with E-state index in [2.05, 4.69) is 5.10 Å². The van der Waals surface area contributed by atoms with Crippen LogP contribution >= 0.6 is 11.8 Å². The van der Waals surface area contributed by atoms with Crippen molar-refractivity contribution in [1.82, 2.24) is 14.7 Å². The van der Waals surface area contributed by atoms with Crippen LogP contribution in [0.4, 0.5) is 0 Å². The van der Waals surface area contributed by atoms with Crippen molar-refractivity contribution in [3.05, 3.63) is 53.3 Å². The van der Waals surface area contributed by atoms with Gasteiger partial charge in [0, 0.05) is 13.0 Å². The first-order valence-corrected chi connectivity index (χ1v) is 9.12. The Balaban J connectivity index is 1.69. The molecule has 2 heterocycles. The summed E-state index contributed by atoms with van der Waals surface area (Å²) in [6, 6.07) is 11.8. The summed E-state index contributed by atoms with van der Waals surface area (Å²) in [5.41, 5.74) is 2.76. The van der Waals surface area contributed by atoms with Crippen LogP contribution in [0.15, 0.2) is 36.4 Å². The van der Waals surface area contributed by atoms with Crippen molar-refractivity contribution >= 4 is 17.7 Å². The van der Waals surface area contributed by atoms with Crippen LogP contribution in [0.1, 0.15) is 23.1 Å². The number of aliphatic hydroxyl groups excluding tert-OH is 1. The highest BCUT2D eigenvalue weighted by Gasteiger charge is 2.23. The molecule has 1 N–H and O–H groups in total. The van der Waals surface area contributed by atoms with Crippen molar-refractivity contribution in [2.45, 2.75) is 25.6 Å². The fraction of sp³-hybridized carbons (Fsp3) is 0.412. The number of amides is 1. The number of aromatic nitrogens is 2. The van der Waals surface area contributed by atoms with Crippen molar-refractivity contribution in [1.29, 1.82) is 0 Å². The van der Waals surface area contributed by atoms with Gasteiger partial charge in [-0.25, -0.2) is 0 Å². The zero-order valence-electron chi connectivity index (χ0n) is 13.2. The maximum atomic E-state index is 12.0. The second kappa shape index (κ2) is 7.19. The normalized spacial score (nSPS) is 15.3. The van der Waals surface area contributed by atoms with Gasteiger partial charge in [0.2, 0.25) is 5.91 Å². The first kappa shape index (κ1) is 16.1. The summed E-state index contributed by atoms with van der Waals surface area (Å²) in [6.07, 6.45) is 1.86. The minimum atomic E-state index is -0.620. The maximum Gasteiger partial charge on any atom is 0.232 e. The number of carbonyl (C=O) groups is 1. The number of fused-ring (bicyclic) bond motifs is 1. The molecule has 0 unspecified atom stereocenters. The minimum absolute atomic E-state index is 0.163. The molecule has 3 rings (SSSR count). The first-order valence-electron chi connectivity index (χ1n) is 7.72. The Morgan fingerprint density at radius 2 is 2.13 bits per heavy atom. The lowest BCUT2D eigenvalue weighted by atomic mass is 10.1. The molecule has 0 bridgehead atoms. The summed E-state index contributed by atoms with van der Waals surface area (Å²) < 4.78 is 1.91. The summed E-state index contributed by atoms with van der Waals surface area (Å²) in [4.78, 5) is 13.9. The second-order valence-electron chi connectivity index (χ2n) is 5.74. The van der Waals surface area contributed by atoms with Gasteiger partial charge in [-0.05, 0) is 17.9 Å². The molecule has 5 nitrogen and oxygen atoms in total. The molecule has 1 aliphatic heterocycles. The summed E-state index contributed by atoms with van der Waals surface area (Å²) in [5.74, 6) is 0.675. The smallest absolute Gasteiger partial charge is 0.232 e. The van der Waals surface area contributed by atoms with Gasteiger partial charge in [0.1, 0.15) is 6.10 Å². The lowest BCUT2D eigenvalue weighted by Gasteiger charge is -2.27. The van der Waals surface area contributed by atoms with Crippen molar-refractivity contribution in [3.8, 4) is 0 Å². The molecule has 0 aliphatic carbocycles. The number of benzene rings is 1. The molecule has 1 atom stereocenters. The Morgan fingerprint density at radius 3 is 2.87 bits per heavy atom. The van der Waals surface area contributed by atoms with E-state index in [1.54, 1.807) is 11.8 Å². The Hall–Kier alpha value is -1.79. The average Bonchev–Trinajstić information content (AvgIpc) is 2.99. The van der Waals surface area contributed by atoms with E-state index in [-0.39, 0.29) is 5.91 Å². The van der Waals surface area contributed by atoms with Gasteiger partial charge in [0.25, 0.3) is 0 Å². The van der Waals surface area contributed by atoms with Gasteiger partial charge in [0.05, 0.1) is 30.2 Å². The standard InChI is InChI=1S/C17H21N3O2S/c1-23-12-17(22)19-7-8-20-14(11-19)10-15(18-20)16(21)9-13-5-3-2-4-6-13/h2-6,10,16,21H,7-9,11-12H2,1H3/t16-/m1/s1. The highest BCUT2D eigenvalue weighted by atomic mass is 32.2. The van der Waals surface area contributed by atoms with Crippen LogP contribution in [0.3, 0.4) is 0 Å². The SMILES string of the molecule is CSCC(=O)N1CCn2nc([C@H](O)Cc3ccccc3)cc2C1. The van der Waals surface area contributed by atoms with E-state index in [0.29, 0.717) is 37.5 Å². The van der Waals surface area contributed by atoms with E-state index < -0.39 is 6.10 Å². The topological polar surface area (TPSA) is 58.4 Å². The van der Waals surface area contributed by atoms with E-state index in [1.807, 2.05) is 52.2 Å². The molecule has 0 radical (unpaired) electrons.